The van der Waals surface area contributed by atoms with E-state index in [9.17, 15) is 14.7 Å². The van der Waals surface area contributed by atoms with Gasteiger partial charge >= 0.3 is 0 Å². The molecule has 1 amide bonds. The number of ketones is 1. The quantitative estimate of drug-likeness (QED) is 0.201. The second-order valence-electron chi connectivity index (χ2n) is 8.06. The largest absolute Gasteiger partial charge is 0.507 e. The van der Waals surface area contributed by atoms with E-state index in [1.807, 2.05) is 13.8 Å². The highest BCUT2D eigenvalue weighted by Gasteiger charge is 2.47. The summed E-state index contributed by atoms with van der Waals surface area (Å²) < 4.78 is 16.7. The van der Waals surface area contributed by atoms with Crippen molar-refractivity contribution in [2.75, 3.05) is 25.2 Å². The molecule has 1 heterocycles. The fraction of sp³-hybridized carbons (Fsp3) is 0.214. The van der Waals surface area contributed by atoms with E-state index in [0.29, 0.717) is 46.7 Å². The van der Waals surface area contributed by atoms with Gasteiger partial charge < -0.3 is 19.3 Å². The number of Topliss-reactive ketones (excluding diaryl/α,β-unsaturated/α-hetero) is 1. The fourth-order valence-electron chi connectivity index (χ4n) is 4.23. The second kappa shape index (κ2) is 11.2. The third-order valence-corrected chi connectivity index (χ3v) is 6.44. The van der Waals surface area contributed by atoms with Crippen LogP contribution >= 0.6 is 23.2 Å². The van der Waals surface area contributed by atoms with Gasteiger partial charge in [0.1, 0.15) is 11.5 Å². The molecule has 1 unspecified atom stereocenters. The Balaban J connectivity index is 1.97. The third-order valence-electron chi connectivity index (χ3n) is 5.86. The zero-order valence-electron chi connectivity index (χ0n) is 20.5. The van der Waals surface area contributed by atoms with Crippen molar-refractivity contribution >= 4 is 46.3 Å². The normalized spacial score (nSPS) is 16.7. The molecule has 37 heavy (non-hydrogen) atoms. The maximum absolute atomic E-state index is 13.4. The van der Waals surface area contributed by atoms with Gasteiger partial charge in [0.2, 0.25) is 0 Å². The van der Waals surface area contributed by atoms with Crippen LogP contribution in [0.25, 0.3) is 5.76 Å². The van der Waals surface area contributed by atoms with Crippen molar-refractivity contribution in [1.82, 2.24) is 0 Å². The van der Waals surface area contributed by atoms with Gasteiger partial charge in [0.25, 0.3) is 11.7 Å². The van der Waals surface area contributed by atoms with Gasteiger partial charge in [0.05, 0.1) is 37.0 Å². The van der Waals surface area contributed by atoms with E-state index in [1.54, 1.807) is 54.6 Å². The van der Waals surface area contributed by atoms with Crippen LogP contribution in [0.15, 0.2) is 66.2 Å². The van der Waals surface area contributed by atoms with Crippen LogP contribution in [-0.4, -0.2) is 37.1 Å². The van der Waals surface area contributed by atoms with Crippen LogP contribution in [0.4, 0.5) is 5.69 Å². The minimum atomic E-state index is -0.988. The molecule has 0 radical (unpaired) electrons. The van der Waals surface area contributed by atoms with Crippen LogP contribution in [-0.2, 0) is 9.59 Å². The molecule has 1 aliphatic rings. The van der Waals surface area contributed by atoms with Gasteiger partial charge in [-0.1, -0.05) is 29.3 Å². The number of rotatable bonds is 8. The number of hydrogen-bond acceptors (Lipinski definition) is 6. The topological polar surface area (TPSA) is 85.3 Å². The monoisotopic (exact) mass is 541 g/mol. The Labute approximate surface area is 224 Å². The van der Waals surface area contributed by atoms with E-state index in [0.717, 1.165) is 0 Å². The van der Waals surface area contributed by atoms with Crippen molar-refractivity contribution < 1.29 is 28.9 Å². The van der Waals surface area contributed by atoms with Crippen molar-refractivity contribution in [1.29, 1.82) is 0 Å². The zero-order valence-corrected chi connectivity index (χ0v) is 22.0. The Bertz CT molecular complexity index is 1370. The molecule has 1 N–H and O–H groups in total. The highest BCUT2D eigenvalue weighted by molar-refractivity contribution is 6.52. The summed E-state index contributed by atoms with van der Waals surface area (Å²) in [5, 5.41) is 12.1. The third kappa shape index (κ3) is 5.10. The van der Waals surface area contributed by atoms with E-state index in [-0.39, 0.29) is 16.2 Å². The van der Waals surface area contributed by atoms with Gasteiger partial charge in [-0.15, -0.1) is 0 Å². The number of amides is 1. The predicted octanol–water partition coefficient (Wildman–Crippen LogP) is 6.43. The number of carbonyl (C=O) groups is 2. The van der Waals surface area contributed by atoms with Crippen LogP contribution in [0.5, 0.6) is 17.2 Å². The molecule has 4 rings (SSSR count). The van der Waals surface area contributed by atoms with Crippen molar-refractivity contribution in [3.8, 4) is 17.2 Å². The number of hydrogen-bond donors (Lipinski definition) is 1. The van der Waals surface area contributed by atoms with Crippen molar-refractivity contribution in [3.05, 3.63) is 87.4 Å². The lowest BCUT2D eigenvalue weighted by atomic mass is 9.94. The number of benzene rings is 3. The molecule has 0 bridgehead atoms. The first-order valence-electron chi connectivity index (χ1n) is 11.6. The van der Waals surface area contributed by atoms with Crippen LogP contribution in [0.1, 0.15) is 31.0 Å². The van der Waals surface area contributed by atoms with Crippen molar-refractivity contribution in [2.45, 2.75) is 19.9 Å². The SMILES string of the molecule is CCOc1ccc(Cl)c(/C(O)=C2\C(=O)C(=O)N(c3ccc(Cl)cc3)C2c2ccc(OC)c(OCC)c2)c1. The molecule has 1 aliphatic heterocycles. The van der Waals surface area contributed by atoms with Crippen molar-refractivity contribution in [3.63, 3.8) is 0 Å². The summed E-state index contributed by atoms with van der Waals surface area (Å²) in [6, 6.07) is 15.4. The van der Waals surface area contributed by atoms with Crippen LogP contribution in [0, 0.1) is 0 Å². The molecule has 3 aromatic carbocycles. The average molecular weight is 542 g/mol. The number of carbonyl (C=O) groups excluding carboxylic acids is 2. The molecule has 3 aromatic rings. The van der Waals surface area contributed by atoms with E-state index < -0.39 is 23.5 Å². The summed E-state index contributed by atoms with van der Waals surface area (Å²) in [6.07, 6.45) is 0. The fourth-order valence-corrected chi connectivity index (χ4v) is 4.57. The standard InChI is InChI=1S/C28H25Cl2NO6/c1-4-36-19-11-12-21(30)20(15-19)26(32)24-25(16-6-13-22(35-3)23(14-16)37-5-2)31(28(34)27(24)33)18-9-7-17(29)8-10-18/h6-15,25,32H,4-5H2,1-3H3/b26-24+. The number of ether oxygens (including phenoxy) is 3. The molecule has 9 heteroatoms. The molecule has 7 nitrogen and oxygen atoms in total. The molecule has 1 atom stereocenters. The lowest BCUT2D eigenvalue weighted by Crippen LogP contribution is -2.29. The number of aliphatic hydroxyl groups excluding tert-OH is 1. The maximum Gasteiger partial charge on any atom is 0.300 e. The summed E-state index contributed by atoms with van der Waals surface area (Å²) in [6.45, 7) is 4.43. The molecular formula is C28H25Cl2NO6. The number of methoxy groups -OCH3 is 1. The highest BCUT2D eigenvalue weighted by Crippen LogP contribution is 2.45. The van der Waals surface area contributed by atoms with E-state index in [2.05, 4.69) is 0 Å². The first kappa shape index (κ1) is 26.4. The van der Waals surface area contributed by atoms with Gasteiger partial charge in [0.15, 0.2) is 11.5 Å². The number of halogens is 2. The Kier molecular flexibility index (Phi) is 7.95. The smallest absolute Gasteiger partial charge is 0.300 e. The Morgan fingerprint density at radius 2 is 1.62 bits per heavy atom. The molecule has 0 spiro atoms. The predicted molar refractivity (Wildman–Crippen MR) is 143 cm³/mol. The molecule has 1 saturated heterocycles. The van der Waals surface area contributed by atoms with Gasteiger partial charge in [-0.2, -0.15) is 0 Å². The lowest BCUT2D eigenvalue weighted by molar-refractivity contribution is -0.132. The Morgan fingerprint density at radius 3 is 2.27 bits per heavy atom. The Morgan fingerprint density at radius 1 is 0.919 bits per heavy atom. The van der Waals surface area contributed by atoms with E-state index in [4.69, 9.17) is 37.4 Å². The lowest BCUT2D eigenvalue weighted by Gasteiger charge is -2.26. The first-order chi connectivity index (χ1) is 17.8. The zero-order chi connectivity index (χ0) is 26.7. The number of aliphatic hydroxyl groups is 1. The van der Waals surface area contributed by atoms with Crippen LogP contribution in [0.3, 0.4) is 0 Å². The van der Waals surface area contributed by atoms with Crippen molar-refractivity contribution in [2.24, 2.45) is 0 Å². The van der Waals surface area contributed by atoms with Gasteiger partial charge in [-0.05, 0) is 74.0 Å². The summed E-state index contributed by atoms with van der Waals surface area (Å²) in [7, 11) is 1.52. The molecule has 0 aliphatic carbocycles. The van der Waals surface area contributed by atoms with Crippen LogP contribution in [0.2, 0.25) is 10.0 Å². The molecular weight excluding hydrogens is 517 g/mol. The van der Waals surface area contributed by atoms with E-state index in [1.165, 1.54) is 18.1 Å². The van der Waals surface area contributed by atoms with Crippen LogP contribution < -0.4 is 19.1 Å². The number of anilines is 1. The molecule has 0 aromatic heterocycles. The highest BCUT2D eigenvalue weighted by atomic mass is 35.5. The minimum Gasteiger partial charge on any atom is -0.507 e. The average Bonchev–Trinajstić information content (AvgIpc) is 3.16. The van der Waals surface area contributed by atoms with Gasteiger partial charge in [-0.3, -0.25) is 14.5 Å². The Hall–Kier alpha value is -3.68. The van der Waals surface area contributed by atoms with Gasteiger partial charge in [-0.25, -0.2) is 0 Å². The summed E-state index contributed by atoms with van der Waals surface area (Å²) in [5.41, 5.74) is 1.00. The second-order valence-corrected chi connectivity index (χ2v) is 8.91. The summed E-state index contributed by atoms with van der Waals surface area (Å²) in [4.78, 5) is 28.2. The number of nitrogens with zero attached hydrogens (tertiary/aromatic N) is 1. The maximum atomic E-state index is 13.4. The summed E-state index contributed by atoms with van der Waals surface area (Å²) >= 11 is 12.5. The van der Waals surface area contributed by atoms with E-state index >= 15 is 0 Å². The van der Waals surface area contributed by atoms with Gasteiger partial charge in [0, 0.05) is 16.3 Å². The minimum absolute atomic E-state index is 0.122. The molecule has 1 fully saturated rings. The first-order valence-corrected chi connectivity index (χ1v) is 12.4. The summed E-state index contributed by atoms with van der Waals surface area (Å²) in [5.74, 6) is -0.703. The molecule has 192 valence electrons. The molecule has 0 saturated carbocycles.